The van der Waals surface area contributed by atoms with Crippen molar-refractivity contribution in [3.05, 3.63) is 35.3 Å². The molecule has 0 atom stereocenters. The monoisotopic (exact) mass is 305 g/mol. The van der Waals surface area contributed by atoms with Crippen molar-refractivity contribution in [2.75, 3.05) is 6.61 Å². The molecule has 0 bridgehead atoms. The molecule has 1 aromatic rings. The fraction of sp³-hybridized carbons (Fsp3) is 0.200. The van der Waals surface area contributed by atoms with E-state index in [1.54, 1.807) is 18.2 Å². The maximum absolute atomic E-state index is 11.3. The highest BCUT2D eigenvalue weighted by atomic mass is 79.9. The first kappa shape index (κ1) is 13.2. The molecule has 0 radical (unpaired) electrons. The SMILES string of the molecule is C=CCCOc1ccc(Br)cc1S(N)(=O)=O. The molecule has 0 aliphatic heterocycles. The van der Waals surface area contributed by atoms with Crippen LogP contribution in [-0.4, -0.2) is 15.0 Å². The van der Waals surface area contributed by atoms with E-state index in [1.165, 1.54) is 6.07 Å². The number of nitrogens with two attached hydrogens (primary N) is 1. The largest absolute Gasteiger partial charge is 0.492 e. The first-order chi connectivity index (χ1) is 7.45. The fourth-order valence-electron chi connectivity index (χ4n) is 1.08. The molecule has 0 aliphatic carbocycles. The van der Waals surface area contributed by atoms with Gasteiger partial charge in [0.2, 0.25) is 10.0 Å². The summed E-state index contributed by atoms with van der Waals surface area (Å²) in [4.78, 5) is -0.0223. The van der Waals surface area contributed by atoms with Gasteiger partial charge in [-0.25, -0.2) is 13.6 Å². The maximum Gasteiger partial charge on any atom is 0.241 e. The van der Waals surface area contributed by atoms with E-state index in [9.17, 15) is 8.42 Å². The Morgan fingerprint density at radius 1 is 1.50 bits per heavy atom. The summed E-state index contributed by atoms with van der Waals surface area (Å²) in [6, 6.07) is 4.67. The summed E-state index contributed by atoms with van der Waals surface area (Å²) in [5, 5.41) is 5.08. The molecule has 0 heterocycles. The van der Waals surface area contributed by atoms with Crippen molar-refractivity contribution in [3.8, 4) is 5.75 Å². The van der Waals surface area contributed by atoms with Gasteiger partial charge in [0.25, 0.3) is 0 Å². The quantitative estimate of drug-likeness (QED) is 0.668. The molecule has 1 aromatic carbocycles. The Labute approximate surface area is 103 Å². The van der Waals surface area contributed by atoms with Crippen molar-refractivity contribution < 1.29 is 13.2 Å². The van der Waals surface area contributed by atoms with Crippen molar-refractivity contribution in [2.45, 2.75) is 11.3 Å². The maximum atomic E-state index is 11.3. The van der Waals surface area contributed by atoms with Gasteiger partial charge in [-0.15, -0.1) is 6.58 Å². The van der Waals surface area contributed by atoms with Crippen LogP contribution in [0.1, 0.15) is 6.42 Å². The van der Waals surface area contributed by atoms with Crippen LogP contribution in [0.3, 0.4) is 0 Å². The van der Waals surface area contributed by atoms with E-state index in [1.807, 2.05) is 0 Å². The fourth-order valence-corrected chi connectivity index (χ4v) is 2.29. The first-order valence-corrected chi connectivity index (χ1v) is 6.85. The summed E-state index contributed by atoms with van der Waals surface area (Å²) in [6.45, 7) is 3.92. The predicted molar refractivity (Wildman–Crippen MR) is 65.8 cm³/mol. The average Bonchev–Trinajstić information content (AvgIpc) is 2.19. The summed E-state index contributed by atoms with van der Waals surface area (Å²) in [6.07, 6.45) is 2.33. The van der Waals surface area contributed by atoms with Crippen molar-refractivity contribution in [3.63, 3.8) is 0 Å². The first-order valence-electron chi connectivity index (χ1n) is 4.51. The minimum Gasteiger partial charge on any atom is -0.492 e. The number of sulfonamides is 1. The molecule has 1 rings (SSSR count). The number of ether oxygens (including phenoxy) is 1. The van der Waals surface area contributed by atoms with Crippen LogP contribution in [0.5, 0.6) is 5.75 Å². The third kappa shape index (κ3) is 3.62. The van der Waals surface area contributed by atoms with Gasteiger partial charge in [-0.2, -0.15) is 0 Å². The van der Waals surface area contributed by atoms with Gasteiger partial charge in [-0.05, 0) is 24.6 Å². The van der Waals surface area contributed by atoms with Crippen LogP contribution in [-0.2, 0) is 10.0 Å². The van der Waals surface area contributed by atoms with Crippen molar-refractivity contribution in [1.82, 2.24) is 0 Å². The molecule has 4 nitrogen and oxygen atoms in total. The summed E-state index contributed by atoms with van der Waals surface area (Å²) >= 11 is 3.18. The third-order valence-corrected chi connectivity index (χ3v) is 3.22. The van der Waals surface area contributed by atoms with Crippen molar-refractivity contribution in [1.29, 1.82) is 0 Å². The third-order valence-electron chi connectivity index (χ3n) is 1.79. The van der Waals surface area contributed by atoms with E-state index >= 15 is 0 Å². The van der Waals surface area contributed by atoms with Crippen molar-refractivity contribution >= 4 is 26.0 Å². The van der Waals surface area contributed by atoms with Crippen LogP contribution in [0.4, 0.5) is 0 Å². The lowest BCUT2D eigenvalue weighted by Crippen LogP contribution is -2.14. The van der Waals surface area contributed by atoms with Crippen LogP contribution in [0.2, 0.25) is 0 Å². The van der Waals surface area contributed by atoms with Gasteiger partial charge in [-0.1, -0.05) is 22.0 Å². The Morgan fingerprint density at radius 2 is 2.19 bits per heavy atom. The van der Waals surface area contributed by atoms with Gasteiger partial charge >= 0.3 is 0 Å². The Kier molecular flexibility index (Phi) is 4.52. The highest BCUT2D eigenvalue weighted by Crippen LogP contribution is 2.26. The topological polar surface area (TPSA) is 69.4 Å². The summed E-state index contributed by atoms with van der Waals surface area (Å²) in [5.41, 5.74) is 0. The van der Waals surface area contributed by atoms with Crippen LogP contribution in [0, 0.1) is 0 Å². The predicted octanol–water partition coefficient (Wildman–Crippen LogP) is 2.05. The Hall–Kier alpha value is -0.850. The Balaban J connectivity index is 3.04. The van der Waals surface area contributed by atoms with Gasteiger partial charge in [0.15, 0.2) is 0 Å². The second-order valence-corrected chi connectivity index (χ2v) is 5.51. The second-order valence-electron chi connectivity index (χ2n) is 3.06. The van der Waals surface area contributed by atoms with Crippen molar-refractivity contribution in [2.24, 2.45) is 5.14 Å². The minimum absolute atomic E-state index is 0.0223. The van der Waals surface area contributed by atoms with Gasteiger partial charge in [-0.3, -0.25) is 0 Å². The number of primary sulfonamides is 1. The average molecular weight is 306 g/mol. The van der Waals surface area contributed by atoms with Gasteiger partial charge in [0.1, 0.15) is 10.6 Å². The zero-order chi connectivity index (χ0) is 12.2. The smallest absolute Gasteiger partial charge is 0.241 e. The van der Waals surface area contributed by atoms with Gasteiger partial charge in [0.05, 0.1) is 6.61 Å². The van der Waals surface area contributed by atoms with E-state index in [4.69, 9.17) is 9.88 Å². The Morgan fingerprint density at radius 3 is 2.75 bits per heavy atom. The molecular weight excluding hydrogens is 294 g/mol. The lowest BCUT2D eigenvalue weighted by molar-refractivity contribution is 0.316. The van der Waals surface area contributed by atoms with Crippen LogP contribution in [0.15, 0.2) is 40.2 Å². The summed E-state index contributed by atoms with van der Waals surface area (Å²) < 4.78 is 28.5. The Bertz CT molecular complexity index is 485. The molecule has 0 aromatic heterocycles. The lowest BCUT2D eigenvalue weighted by Gasteiger charge is -2.09. The van der Waals surface area contributed by atoms with Crippen LogP contribution >= 0.6 is 15.9 Å². The molecule has 0 amide bonds. The summed E-state index contributed by atoms with van der Waals surface area (Å²) in [7, 11) is -3.77. The molecule has 6 heteroatoms. The number of benzene rings is 1. The molecule has 16 heavy (non-hydrogen) atoms. The van der Waals surface area contributed by atoms with Gasteiger partial charge < -0.3 is 4.74 Å². The number of hydrogen-bond acceptors (Lipinski definition) is 3. The molecule has 2 N–H and O–H groups in total. The molecule has 0 spiro atoms. The van der Waals surface area contributed by atoms with E-state index in [0.717, 1.165) is 0 Å². The van der Waals surface area contributed by atoms with Gasteiger partial charge in [0, 0.05) is 4.47 Å². The second kappa shape index (κ2) is 5.47. The zero-order valence-electron chi connectivity index (χ0n) is 8.52. The van der Waals surface area contributed by atoms with E-state index < -0.39 is 10.0 Å². The number of halogens is 1. The summed E-state index contributed by atoms with van der Waals surface area (Å²) in [5.74, 6) is 0.257. The number of hydrogen-bond donors (Lipinski definition) is 1. The lowest BCUT2D eigenvalue weighted by atomic mass is 10.3. The highest BCUT2D eigenvalue weighted by Gasteiger charge is 2.15. The van der Waals surface area contributed by atoms with Crippen LogP contribution in [0.25, 0.3) is 0 Å². The van der Waals surface area contributed by atoms with E-state index in [-0.39, 0.29) is 10.6 Å². The molecule has 88 valence electrons. The van der Waals surface area contributed by atoms with E-state index in [0.29, 0.717) is 17.5 Å². The van der Waals surface area contributed by atoms with E-state index in [2.05, 4.69) is 22.5 Å². The molecule has 0 aliphatic rings. The molecule has 0 unspecified atom stereocenters. The highest BCUT2D eigenvalue weighted by molar-refractivity contribution is 9.10. The molecular formula is C10H12BrNO3S. The van der Waals surface area contributed by atoms with Crippen LogP contribution < -0.4 is 9.88 Å². The molecule has 0 saturated heterocycles. The number of rotatable bonds is 5. The minimum atomic E-state index is -3.77. The molecule has 0 saturated carbocycles. The molecule has 0 fully saturated rings. The zero-order valence-corrected chi connectivity index (χ0v) is 10.9. The normalized spacial score (nSPS) is 11.1. The standard InChI is InChI=1S/C10H12BrNO3S/c1-2-3-6-15-9-5-4-8(11)7-10(9)16(12,13)14/h2,4-5,7H,1,3,6H2,(H2,12,13,14).